The molecule has 142 valence electrons. The SMILES string of the molecule is OC(Cn1[nH]nnc1=S)(c1ccc(F)cc1F)C(F)(F)c1ccc(Br)cn1. The van der Waals surface area contributed by atoms with Crippen molar-refractivity contribution >= 4 is 28.1 Å². The molecule has 12 heteroatoms. The number of halogens is 5. The number of hydrogen-bond donors (Lipinski definition) is 2. The Morgan fingerprint density at radius 1 is 1.22 bits per heavy atom. The molecule has 0 spiro atoms. The van der Waals surface area contributed by atoms with E-state index in [0.29, 0.717) is 10.5 Å². The van der Waals surface area contributed by atoms with Gasteiger partial charge in [0.25, 0.3) is 0 Å². The summed E-state index contributed by atoms with van der Waals surface area (Å²) in [4.78, 5) is 3.61. The van der Waals surface area contributed by atoms with Crippen molar-refractivity contribution in [3.8, 4) is 0 Å². The van der Waals surface area contributed by atoms with E-state index in [9.17, 15) is 13.9 Å². The number of H-pyrrole nitrogens is 1. The predicted molar refractivity (Wildman–Crippen MR) is 91.3 cm³/mol. The van der Waals surface area contributed by atoms with Crippen LogP contribution in [-0.2, 0) is 18.1 Å². The van der Waals surface area contributed by atoms with Crippen LogP contribution >= 0.6 is 28.1 Å². The van der Waals surface area contributed by atoms with Gasteiger partial charge in [0.2, 0.25) is 4.77 Å². The van der Waals surface area contributed by atoms with Crippen LogP contribution in [-0.4, -0.2) is 30.3 Å². The number of aromatic amines is 1. The van der Waals surface area contributed by atoms with Crippen LogP contribution in [0.2, 0.25) is 0 Å². The average Bonchev–Trinajstić information content (AvgIpc) is 2.99. The maximum atomic E-state index is 15.3. The third-order valence-electron chi connectivity index (χ3n) is 3.86. The first-order valence-corrected chi connectivity index (χ1v) is 8.51. The Morgan fingerprint density at radius 2 is 1.96 bits per heavy atom. The Morgan fingerprint density at radius 3 is 2.52 bits per heavy atom. The third kappa shape index (κ3) is 3.51. The zero-order valence-corrected chi connectivity index (χ0v) is 15.6. The highest BCUT2D eigenvalue weighted by atomic mass is 79.9. The summed E-state index contributed by atoms with van der Waals surface area (Å²) in [5.74, 6) is -6.43. The second-order valence-electron chi connectivity index (χ2n) is 5.59. The lowest BCUT2D eigenvalue weighted by Gasteiger charge is -2.36. The minimum Gasteiger partial charge on any atom is -0.377 e. The van der Waals surface area contributed by atoms with Gasteiger partial charge in [-0.05, 0) is 52.4 Å². The van der Waals surface area contributed by atoms with Gasteiger partial charge in [0, 0.05) is 22.3 Å². The number of hydrogen-bond acceptors (Lipinski definition) is 5. The van der Waals surface area contributed by atoms with E-state index >= 15 is 8.78 Å². The first-order valence-electron chi connectivity index (χ1n) is 7.31. The summed E-state index contributed by atoms with van der Waals surface area (Å²) in [5.41, 5.74) is -4.84. The summed E-state index contributed by atoms with van der Waals surface area (Å²) >= 11 is 7.91. The molecule has 3 rings (SSSR count). The molecule has 0 saturated carbocycles. The number of benzene rings is 1. The van der Waals surface area contributed by atoms with Crippen LogP contribution in [0.5, 0.6) is 0 Å². The second kappa shape index (κ2) is 7.09. The quantitative estimate of drug-likeness (QED) is 0.447. The van der Waals surface area contributed by atoms with E-state index in [0.717, 1.165) is 29.1 Å². The van der Waals surface area contributed by atoms with Crippen molar-refractivity contribution in [2.75, 3.05) is 0 Å². The van der Waals surface area contributed by atoms with Gasteiger partial charge in [0.1, 0.15) is 17.3 Å². The van der Waals surface area contributed by atoms with Crippen molar-refractivity contribution in [2.24, 2.45) is 0 Å². The number of rotatable bonds is 5. The number of nitrogens with zero attached hydrogens (tertiary/aromatic N) is 4. The number of pyridine rings is 1. The number of tetrazole rings is 1. The first-order chi connectivity index (χ1) is 12.6. The summed E-state index contributed by atoms with van der Waals surface area (Å²) in [6.07, 6.45) is 1.11. The van der Waals surface area contributed by atoms with Crippen molar-refractivity contribution in [1.29, 1.82) is 0 Å². The fraction of sp³-hybridized carbons (Fsp3) is 0.200. The Hall–Kier alpha value is -2.18. The van der Waals surface area contributed by atoms with Gasteiger partial charge >= 0.3 is 5.92 Å². The third-order valence-corrected chi connectivity index (χ3v) is 4.64. The molecule has 2 aromatic heterocycles. The molecule has 6 nitrogen and oxygen atoms in total. The lowest BCUT2D eigenvalue weighted by atomic mass is 9.84. The molecule has 1 unspecified atom stereocenters. The van der Waals surface area contributed by atoms with Crippen molar-refractivity contribution in [1.82, 2.24) is 25.2 Å². The smallest absolute Gasteiger partial charge is 0.323 e. The topological polar surface area (TPSA) is 79.6 Å². The van der Waals surface area contributed by atoms with Crippen LogP contribution in [0.3, 0.4) is 0 Å². The molecule has 0 radical (unpaired) electrons. The number of nitrogens with one attached hydrogen (secondary N) is 1. The molecule has 0 fully saturated rings. The molecule has 0 saturated heterocycles. The first kappa shape index (κ1) is 19.6. The van der Waals surface area contributed by atoms with Crippen LogP contribution < -0.4 is 0 Å². The van der Waals surface area contributed by atoms with Gasteiger partial charge in [0.05, 0.1) is 6.54 Å². The normalized spacial score (nSPS) is 14.1. The summed E-state index contributed by atoms with van der Waals surface area (Å²) < 4.78 is 59.3. The largest absolute Gasteiger partial charge is 0.377 e. The molecule has 0 bridgehead atoms. The fourth-order valence-corrected chi connectivity index (χ4v) is 2.88. The molecule has 2 heterocycles. The summed E-state index contributed by atoms with van der Waals surface area (Å²) in [5, 5.41) is 20.0. The van der Waals surface area contributed by atoms with E-state index in [-0.39, 0.29) is 4.77 Å². The summed E-state index contributed by atoms with van der Waals surface area (Å²) in [6, 6.07) is 4.17. The lowest BCUT2D eigenvalue weighted by molar-refractivity contribution is -0.208. The molecular weight excluding hydrogens is 454 g/mol. The molecule has 2 N–H and O–H groups in total. The van der Waals surface area contributed by atoms with E-state index in [1.54, 1.807) is 0 Å². The molecular formula is C15H10BrF4N5OS. The highest BCUT2D eigenvalue weighted by molar-refractivity contribution is 9.10. The Bertz CT molecular complexity index is 1030. The number of aromatic nitrogens is 5. The molecule has 27 heavy (non-hydrogen) atoms. The van der Waals surface area contributed by atoms with Gasteiger partial charge in [0.15, 0.2) is 5.60 Å². The van der Waals surface area contributed by atoms with Crippen LogP contribution in [0.4, 0.5) is 17.6 Å². The molecule has 0 aliphatic heterocycles. The van der Waals surface area contributed by atoms with E-state index in [4.69, 9.17) is 12.2 Å². The lowest BCUT2D eigenvalue weighted by Crippen LogP contribution is -2.48. The monoisotopic (exact) mass is 463 g/mol. The second-order valence-corrected chi connectivity index (χ2v) is 6.87. The van der Waals surface area contributed by atoms with Gasteiger partial charge < -0.3 is 5.11 Å². The van der Waals surface area contributed by atoms with Gasteiger partial charge in [-0.3, -0.25) is 4.98 Å². The fourth-order valence-electron chi connectivity index (χ4n) is 2.50. The van der Waals surface area contributed by atoms with Crippen LogP contribution in [0.25, 0.3) is 0 Å². The van der Waals surface area contributed by atoms with E-state index < -0.39 is 41.0 Å². The Kier molecular flexibility index (Phi) is 5.14. The Balaban J connectivity index is 2.21. The summed E-state index contributed by atoms with van der Waals surface area (Å²) in [7, 11) is 0. The number of alkyl halides is 2. The van der Waals surface area contributed by atoms with Gasteiger partial charge in [-0.15, -0.1) is 0 Å². The highest BCUT2D eigenvalue weighted by Crippen LogP contribution is 2.46. The minimum absolute atomic E-state index is 0.240. The minimum atomic E-state index is -4.09. The zero-order chi connectivity index (χ0) is 19.8. The molecule has 1 atom stereocenters. The molecule has 0 aliphatic rings. The van der Waals surface area contributed by atoms with E-state index in [1.807, 2.05) is 0 Å². The van der Waals surface area contributed by atoms with Crippen molar-refractivity contribution in [3.05, 3.63) is 68.7 Å². The predicted octanol–water partition coefficient (Wildman–Crippen LogP) is 3.45. The molecule has 3 aromatic rings. The Labute approximate surface area is 163 Å². The number of aliphatic hydroxyl groups is 1. The standard InChI is InChI=1S/C15H10BrF4N5OS/c16-8-1-4-12(21-6-8)15(19,20)14(26,7-25-13(27)22-23-24-25)10-3-2-9(17)5-11(10)18/h1-6,26H,7H2,(H,22,24,27). The molecule has 0 amide bonds. The highest BCUT2D eigenvalue weighted by Gasteiger charge is 2.58. The van der Waals surface area contributed by atoms with Crippen LogP contribution in [0.15, 0.2) is 41.0 Å². The zero-order valence-electron chi connectivity index (χ0n) is 13.2. The van der Waals surface area contributed by atoms with Crippen molar-refractivity contribution in [2.45, 2.75) is 18.1 Å². The van der Waals surface area contributed by atoms with E-state index in [1.165, 1.54) is 6.07 Å². The maximum absolute atomic E-state index is 15.3. The van der Waals surface area contributed by atoms with Crippen molar-refractivity contribution in [3.63, 3.8) is 0 Å². The average molecular weight is 464 g/mol. The maximum Gasteiger partial charge on any atom is 0.323 e. The summed E-state index contributed by atoms with van der Waals surface area (Å²) in [6.45, 7) is -0.938. The van der Waals surface area contributed by atoms with Gasteiger partial charge in [-0.1, -0.05) is 10.3 Å². The van der Waals surface area contributed by atoms with Gasteiger partial charge in [-0.25, -0.2) is 13.5 Å². The van der Waals surface area contributed by atoms with Crippen molar-refractivity contribution < 1.29 is 22.7 Å². The van der Waals surface area contributed by atoms with Gasteiger partial charge in [-0.2, -0.15) is 14.0 Å². The van der Waals surface area contributed by atoms with E-state index in [2.05, 4.69) is 36.4 Å². The van der Waals surface area contributed by atoms with Crippen LogP contribution in [0, 0.1) is 16.4 Å². The van der Waals surface area contributed by atoms with Crippen LogP contribution in [0.1, 0.15) is 11.3 Å². The molecule has 0 aliphatic carbocycles. The molecule has 1 aromatic carbocycles.